The Morgan fingerprint density at radius 1 is 1.00 bits per heavy atom. The quantitative estimate of drug-likeness (QED) is 0.610. The van der Waals surface area contributed by atoms with Crippen LogP contribution in [0.3, 0.4) is 0 Å². The molecule has 6 nitrogen and oxygen atoms in total. The van der Waals surface area contributed by atoms with Gasteiger partial charge in [0.2, 0.25) is 0 Å². The van der Waals surface area contributed by atoms with Gasteiger partial charge in [-0.1, -0.05) is 30.1 Å². The summed E-state index contributed by atoms with van der Waals surface area (Å²) in [7, 11) is 0. The van der Waals surface area contributed by atoms with Gasteiger partial charge in [0.15, 0.2) is 5.82 Å². The lowest BCUT2D eigenvalue weighted by Crippen LogP contribution is -2.34. The highest BCUT2D eigenvalue weighted by atomic mass is 16.5. The normalized spacial score (nSPS) is 16.3. The van der Waals surface area contributed by atoms with Gasteiger partial charge in [-0.3, -0.25) is 4.57 Å². The Labute approximate surface area is 150 Å². The summed E-state index contributed by atoms with van der Waals surface area (Å²) in [6, 6.07) is 16.1. The number of rotatable bonds is 3. The van der Waals surface area contributed by atoms with Crippen molar-refractivity contribution in [2.45, 2.75) is 31.2 Å². The molecule has 2 N–H and O–H groups in total. The van der Waals surface area contributed by atoms with Crippen LogP contribution >= 0.6 is 0 Å². The summed E-state index contributed by atoms with van der Waals surface area (Å²) in [5.41, 5.74) is 9.96. The molecule has 0 spiro atoms. The van der Waals surface area contributed by atoms with Crippen molar-refractivity contribution in [2.75, 3.05) is 0 Å². The molecular weight excluding hydrogens is 326 g/mol. The van der Waals surface area contributed by atoms with E-state index in [0.717, 1.165) is 48.0 Å². The third-order valence-electron chi connectivity index (χ3n) is 5.21. The van der Waals surface area contributed by atoms with Gasteiger partial charge < -0.3 is 10.3 Å². The molecule has 0 atom stereocenters. The van der Waals surface area contributed by atoms with E-state index >= 15 is 0 Å². The van der Waals surface area contributed by atoms with Crippen molar-refractivity contribution in [3.63, 3.8) is 0 Å². The molecule has 0 bridgehead atoms. The van der Waals surface area contributed by atoms with Gasteiger partial charge in [0.1, 0.15) is 6.33 Å². The summed E-state index contributed by atoms with van der Waals surface area (Å²) in [5.74, 6) is 1.13. The maximum absolute atomic E-state index is 6.42. The fourth-order valence-electron chi connectivity index (χ4n) is 3.70. The van der Waals surface area contributed by atoms with E-state index < -0.39 is 5.54 Å². The van der Waals surface area contributed by atoms with Gasteiger partial charge in [0.25, 0.3) is 5.89 Å². The molecule has 130 valence electrons. The van der Waals surface area contributed by atoms with E-state index in [-0.39, 0.29) is 0 Å². The van der Waals surface area contributed by atoms with Crippen LogP contribution in [0, 0.1) is 0 Å². The standard InChI is InChI=1S/C20H19N5O/c21-20(11-3-4-12-20)19-23-18(26-24-19)14-7-9-15(10-8-14)25-13-22-16-5-1-2-6-17(16)25/h1-2,5-10,13H,3-4,11-12,21H2. The number of benzene rings is 2. The van der Waals surface area contributed by atoms with Gasteiger partial charge in [0, 0.05) is 11.3 Å². The van der Waals surface area contributed by atoms with Gasteiger partial charge in [-0.15, -0.1) is 0 Å². The Balaban J connectivity index is 1.46. The molecule has 1 fully saturated rings. The van der Waals surface area contributed by atoms with Crippen LogP contribution in [0.15, 0.2) is 59.4 Å². The van der Waals surface area contributed by atoms with Crippen molar-refractivity contribution in [1.29, 1.82) is 0 Å². The highest BCUT2D eigenvalue weighted by Crippen LogP contribution is 2.35. The number of aromatic nitrogens is 4. The monoisotopic (exact) mass is 345 g/mol. The third kappa shape index (κ3) is 2.42. The molecule has 2 heterocycles. The summed E-state index contributed by atoms with van der Waals surface area (Å²) in [6.07, 6.45) is 5.90. The van der Waals surface area contributed by atoms with Crippen molar-refractivity contribution < 1.29 is 4.52 Å². The zero-order chi connectivity index (χ0) is 17.6. The molecule has 0 radical (unpaired) electrons. The van der Waals surface area contributed by atoms with E-state index in [2.05, 4.69) is 25.8 Å². The molecule has 1 aliphatic carbocycles. The van der Waals surface area contributed by atoms with Crippen LogP contribution < -0.4 is 5.73 Å². The third-order valence-corrected chi connectivity index (χ3v) is 5.21. The van der Waals surface area contributed by atoms with Crippen molar-refractivity contribution >= 4 is 11.0 Å². The highest BCUT2D eigenvalue weighted by molar-refractivity contribution is 5.77. The van der Waals surface area contributed by atoms with E-state index in [4.69, 9.17) is 10.3 Å². The Bertz CT molecular complexity index is 1060. The number of nitrogens with two attached hydrogens (primary N) is 1. The van der Waals surface area contributed by atoms with Crippen LogP contribution in [-0.2, 0) is 5.54 Å². The van der Waals surface area contributed by atoms with Gasteiger partial charge in [-0.2, -0.15) is 4.98 Å². The van der Waals surface area contributed by atoms with E-state index in [1.807, 2.05) is 48.8 Å². The highest BCUT2D eigenvalue weighted by Gasteiger charge is 2.36. The SMILES string of the molecule is NC1(c2noc(-c3ccc(-n4cnc5ccccc54)cc3)n2)CCCC1. The summed E-state index contributed by atoms with van der Waals surface area (Å²) in [4.78, 5) is 8.99. The maximum Gasteiger partial charge on any atom is 0.257 e. The topological polar surface area (TPSA) is 82.8 Å². The largest absolute Gasteiger partial charge is 0.334 e. The molecule has 1 aliphatic rings. The number of fused-ring (bicyclic) bond motifs is 1. The van der Waals surface area contributed by atoms with E-state index in [1.54, 1.807) is 0 Å². The Hall–Kier alpha value is -2.99. The minimum absolute atomic E-state index is 0.433. The van der Waals surface area contributed by atoms with Gasteiger partial charge in [-0.25, -0.2) is 4.98 Å². The number of imidazole rings is 1. The second-order valence-corrected chi connectivity index (χ2v) is 6.94. The first-order valence-corrected chi connectivity index (χ1v) is 8.89. The summed E-state index contributed by atoms with van der Waals surface area (Å²) >= 11 is 0. The maximum atomic E-state index is 6.42. The van der Waals surface area contributed by atoms with Crippen LogP contribution in [0.4, 0.5) is 0 Å². The van der Waals surface area contributed by atoms with Crippen molar-refractivity contribution in [2.24, 2.45) is 5.73 Å². The number of hydrogen-bond donors (Lipinski definition) is 1. The lowest BCUT2D eigenvalue weighted by Gasteiger charge is -2.17. The van der Waals surface area contributed by atoms with Crippen molar-refractivity contribution in [3.05, 3.63) is 60.7 Å². The average molecular weight is 345 g/mol. The van der Waals surface area contributed by atoms with E-state index in [1.165, 1.54) is 0 Å². The zero-order valence-corrected chi connectivity index (χ0v) is 14.3. The lowest BCUT2D eigenvalue weighted by molar-refractivity contribution is 0.372. The minimum Gasteiger partial charge on any atom is -0.334 e. The fourth-order valence-corrected chi connectivity index (χ4v) is 3.70. The second-order valence-electron chi connectivity index (χ2n) is 6.94. The van der Waals surface area contributed by atoms with Crippen LogP contribution in [0.5, 0.6) is 0 Å². The van der Waals surface area contributed by atoms with Crippen LogP contribution in [0.25, 0.3) is 28.2 Å². The molecule has 2 aromatic heterocycles. The fraction of sp³-hybridized carbons (Fsp3) is 0.250. The molecule has 6 heteroatoms. The van der Waals surface area contributed by atoms with Gasteiger partial charge in [0.05, 0.1) is 16.6 Å². The number of nitrogens with zero attached hydrogens (tertiary/aromatic N) is 4. The molecule has 2 aromatic carbocycles. The van der Waals surface area contributed by atoms with Crippen LogP contribution in [0.2, 0.25) is 0 Å². The molecule has 1 saturated carbocycles. The first kappa shape index (κ1) is 15.3. The number of hydrogen-bond acceptors (Lipinski definition) is 5. The van der Waals surface area contributed by atoms with Crippen LogP contribution in [-0.4, -0.2) is 19.7 Å². The Morgan fingerprint density at radius 2 is 1.77 bits per heavy atom. The van der Waals surface area contributed by atoms with Gasteiger partial charge in [-0.05, 0) is 49.2 Å². The predicted octanol–water partition coefficient (Wildman–Crippen LogP) is 3.80. The summed E-state index contributed by atoms with van der Waals surface area (Å²) in [5, 5.41) is 4.13. The first-order chi connectivity index (χ1) is 12.7. The molecule has 0 amide bonds. The van der Waals surface area contributed by atoms with E-state index in [0.29, 0.717) is 11.7 Å². The van der Waals surface area contributed by atoms with Gasteiger partial charge >= 0.3 is 0 Å². The second kappa shape index (κ2) is 5.78. The molecular formula is C20H19N5O. The number of para-hydroxylation sites is 2. The van der Waals surface area contributed by atoms with Crippen molar-refractivity contribution in [1.82, 2.24) is 19.7 Å². The molecule has 0 unspecified atom stereocenters. The molecule has 0 aliphatic heterocycles. The molecule has 0 saturated heterocycles. The first-order valence-electron chi connectivity index (χ1n) is 8.89. The Morgan fingerprint density at radius 3 is 2.58 bits per heavy atom. The summed E-state index contributed by atoms with van der Waals surface area (Å²) < 4.78 is 7.53. The molecule has 5 rings (SSSR count). The average Bonchev–Trinajstić information content (AvgIpc) is 3.41. The predicted molar refractivity (Wildman–Crippen MR) is 98.7 cm³/mol. The smallest absolute Gasteiger partial charge is 0.257 e. The summed E-state index contributed by atoms with van der Waals surface area (Å²) in [6.45, 7) is 0. The molecule has 26 heavy (non-hydrogen) atoms. The lowest BCUT2D eigenvalue weighted by atomic mass is 9.99. The Kier molecular flexibility index (Phi) is 3.39. The van der Waals surface area contributed by atoms with Crippen LogP contribution in [0.1, 0.15) is 31.5 Å². The zero-order valence-electron chi connectivity index (χ0n) is 14.3. The van der Waals surface area contributed by atoms with E-state index in [9.17, 15) is 0 Å². The minimum atomic E-state index is -0.433. The van der Waals surface area contributed by atoms with Crippen molar-refractivity contribution in [3.8, 4) is 17.1 Å². The molecule has 4 aromatic rings.